The number of nitrogens with zero attached hydrogens (tertiary/aromatic N) is 4. The Labute approximate surface area is 135 Å². The SMILES string of the molecule is Cc1cnc(C(=O)N2CC[C@H]3OCCN(S(C)(=O)=O)[C@@H]3C2)cn1. The van der Waals surface area contributed by atoms with Gasteiger partial charge in [0.25, 0.3) is 5.91 Å². The molecule has 2 atom stereocenters. The van der Waals surface area contributed by atoms with Crippen molar-refractivity contribution in [2.45, 2.75) is 25.5 Å². The molecule has 0 N–H and O–H groups in total. The summed E-state index contributed by atoms with van der Waals surface area (Å²) in [6, 6.07) is -0.338. The van der Waals surface area contributed by atoms with E-state index < -0.39 is 10.0 Å². The molecule has 2 aliphatic heterocycles. The summed E-state index contributed by atoms with van der Waals surface area (Å²) in [5, 5.41) is 0. The molecule has 23 heavy (non-hydrogen) atoms. The van der Waals surface area contributed by atoms with Crippen LogP contribution in [-0.4, -0.2) is 78.1 Å². The normalized spacial score (nSPS) is 25.9. The average molecular weight is 340 g/mol. The van der Waals surface area contributed by atoms with E-state index in [2.05, 4.69) is 9.97 Å². The van der Waals surface area contributed by atoms with Crippen molar-refractivity contribution in [2.24, 2.45) is 0 Å². The fraction of sp³-hybridized carbons (Fsp3) is 0.643. The molecular weight excluding hydrogens is 320 g/mol. The minimum absolute atomic E-state index is 0.161. The number of rotatable bonds is 2. The Balaban J connectivity index is 1.78. The van der Waals surface area contributed by atoms with Gasteiger partial charge in [-0.2, -0.15) is 4.31 Å². The zero-order valence-electron chi connectivity index (χ0n) is 13.2. The number of likely N-dealkylation sites (tertiary alicyclic amines) is 1. The Hall–Kier alpha value is -1.58. The summed E-state index contributed by atoms with van der Waals surface area (Å²) in [4.78, 5) is 22.4. The van der Waals surface area contributed by atoms with Crippen LogP contribution in [0, 0.1) is 6.92 Å². The number of hydrogen-bond donors (Lipinski definition) is 0. The lowest BCUT2D eigenvalue weighted by Crippen LogP contribution is -2.61. The van der Waals surface area contributed by atoms with Gasteiger partial charge in [-0.05, 0) is 13.3 Å². The van der Waals surface area contributed by atoms with Crippen molar-refractivity contribution in [3.8, 4) is 0 Å². The van der Waals surface area contributed by atoms with Gasteiger partial charge in [-0.3, -0.25) is 9.78 Å². The molecular formula is C14H20N4O4S. The molecule has 3 heterocycles. The van der Waals surface area contributed by atoms with Crippen LogP contribution in [0.3, 0.4) is 0 Å². The topological polar surface area (TPSA) is 92.7 Å². The summed E-state index contributed by atoms with van der Waals surface area (Å²) in [5.74, 6) is -0.227. The maximum absolute atomic E-state index is 12.6. The van der Waals surface area contributed by atoms with E-state index in [0.29, 0.717) is 32.7 Å². The molecule has 9 heteroatoms. The zero-order chi connectivity index (χ0) is 16.6. The van der Waals surface area contributed by atoms with Crippen molar-refractivity contribution < 1.29 is 17.9 Å². The Morgan fingerprint density at radius 2 is 2.09 bits per heavy atom. The summed E-state index contributed by atoms with van der Waals surface area (Å²) < 4.78 is 31.1. The highest BCUT2D eigenvalue weighted by Crippen LogP contribution is 2.25. The van der Waals surface area contributed by atoms with Crippen LogP contribution in [0.2, 0.25) is 0 Å². The number of amides is 1. The fourth-order valence-electron chi connectivity index (χ4n) is 3.10. The summed E-state index contributed by atoms with van der Waals surface area (Å²) in [6.45, 7) is 3.35. The van der Waals surface area contributed by atoms with Crippen LogP contribution in [0.5, 0.6) is 0 Å². The molecule has 0 aliphatic carbocycles. The molecule has 1 amide bonds. The van der Waals surface area contributed by atoms with Crippen molar-refractivity contribution in [2.75, 3.05) is 32.5 Å². The van der Waals surface area contributed by atoms with E-state index in [1.165, 1.54) is 16.8 Å². The number of carbonyl (C=O) groups is 1. The van der Waals surface area contributed by atoms with E-state index in [9.17, 15) is 13.2 Å². The van der Waals surface area contributed by atoms with Gasteiger partial charge in [-0.15, -0.1) is 0 Å². The second kappa shape index (κ2) is 6.14. The highest BCUT2D eigenvalue weighted by molar-refractivity contribution is 7.88. The van der Waals surface area contributed by atoms with Crippen LogP contribution in [0.25, 0.3) is 0 Å². The minimum atomic E-state index is -3.33. The maximum Gasteiger partial charge on any atom is 0.274 e. The van der Waals surface area contributed by atoms with E-state index in [0.717, 1.165) is 5.69 Å². The number of aryl methyl sites for hydroxylation is 1. The summed E-state index contributed by atoms with van der Waals surface area (Å²) in [5.41, 5.74) is 1.01. The standard InChI is InChI=1S/C14H20N4O4S/c1-10-7-16-11(8-15-10)14(19)17-4-3-13-12(9-17)18(5-6-22-13)23(2,20)21/h7-8,12-13H,3-6,9H2,1-2H3/t12-,13-/m1/s1. The molecule has 2 aliphatic rings. The van der Waals surface area contributed by atoms with Crippen LogP contribution in [-0.2, 0) is 14.8 Å². The molecule has 1 aromatic heterocycles. The first kappa shape index (κ1) is 16.3. The zero-order valence-corrected chi connectivity index (χ0v) is 14.0. The van der Waals surface area contributed by atoms with Crippen LogP contribution in [0.1, 0.15) is 22.6 Å². The van der Waals surface area contributed by atoms with Gasteiger partial charge in [-0.25, -0.2) is 13.4 Å². The molecule has 0 aromatic carbocycles. The third-order valence-corrected chi connectivity index (χ3v) is 5.55. The molecule has 0 bridgehead atoms. The summed E-state index contributed by atoms with van der Waals surface area (Å²) in [7, 11) is -3.33. The first-order valence-corrected chi connectivity index (χ1v) is 9.37. The Morgan fingerprint density at radius 3 is 2.74 bits per heavy atom. The van der Waals surface area contributed by atoms with Gasteiger partial charge in [0, 0.05) is 25.8 Å². The Bertz CT molecular complexity index is 691. The van der Waals surface area contributed by atoms with Crippen molar-refractivity contribution in [3.63, 3.8) is 0 Å². The second-order valence-electron chi connectivity index (χ2n) is 5.93. The van der Waals surface area contributed by atoms with Gasteiger partial charge in [0.2, 0.25) is 10.0 Å². The molecule has 0 radical (unpaired) electrons. The number of aromatic nitrogens is 2. The number of morpholine rings is 1. The van der Waals surface area contributed by atoms with Crippen LogP contribution in [0.15, 0.2) is 12.4 Å². The number of ether oxygens (including phenoxy) is 1. The third-order valence-electron chi connectivity index (χ3n) is 4.25. The first-order chi connectivity index (χ1) is 10.9. The predicted molar refractivity (Wildman–Crippen MR) is 82.4 cm³/mol. The van der Waals surface area contributed by atoms with Crippen molar-refractivity contribution in [1.82, 2.24) is 19.2 Å². The van der Waals surface area contributed by atoms with Gasteiger partial charge >= 0.3 is 0 Å². The van der Waals surface area contributed by atoms with Crippen molar-refractivity contribution >= 4 is 15.9 Å². The predicted octanol–water partition coefficient (Wildman–Crippen LogP) is -0.340. The molecule has 3 rings (SSSR count). The fourth-order valence-corrected chi connectivity index (χ4v) is 4.20. The van der Waals surface area contributed by atoms with E-state index in [1.807, 2.05) is 0 Å². The molecule has 2 fully saturated rings. The second-order valence-corrected chi connectivity index (χ2v) is 7.87. The lowest BCUT2D eigenvalue weighted by atomic mass is 10.0. The summed E-state index contributed by atoms with van der Waals surface area (Å²) in [6.07, 6.45) is 4.65. The Kier molecular flexibility index (Phi) is 4.35. The third kappa shape index (κ3) is 3.36. The van der Waals surface area contributed by atoms with E-state index in [-0.39, 0.29) is 23.7 Å². The highest BCUT2D eigenvalue weighted by atomic mass is 32.2. The molecule has 126 valence electrons. The van der Waals surface area contributed by atoms with Crippen LogP contribution < -0.4 is 0 Å². The lowest BCUT2D eigenvalue weighted by Gasteiger charge is -2.45. The quantitative estimate of drug-likeness (QED) is 0.731. The van der Waals surface area contributed by atoms with E-state index in [4.69, 9.17) is 4.74 Å². The monoisotopic (exact) mass is 340 g/mol. The molecule has 1 aromatic rings. The highest BCUT2D eigenvalue weighted by Gasteiger charge is 2.42. The maximum atomic E-state index is 12.6. The Morgan fingerprint density at radius 1 is 1.30 bits per heavy atom. The smallest absolute Gasteiger partial charge is 0.274 e. The molecule has 0 spiro atoms. The number of fused-ring (bicyclic) bond motifs is 1. The van der Waals surface area contributed by atoms with E-state index >= 15 is 0 Å². The van der Waals surface area contributed by atoms with E-state index in [1.54, 1.807) is 18.0 Å². The number of sulfonamides is 1. The largest absolute Gasteiger partial charge is 0.375 e. The van der Waals surface area contributed by atoms with Gasteiger partial charge < -0.3 is 9.64 Å². The first-order valence-electron chi connectivity index (χ1n) is 7.52. The minimum Gasteiger partial charge on any atom is -0.375 e. The summed E-state index contributed by atoms with van der Waals surface area (Å²) >= 11 is 0. The van der Waals surface area contributed by atoms with Gasteiger partial charge in [-0.1, -0.05) is 0 Å². The number of piperidine rings is 1. The lowest BCUT2D eigenvalue weighted by molar-refractivity contribution is -0.0705. The number of carbonyl (C=O) groups excluding carboxylic acids is 1. The van der Waals surface area contributed by atoms with Gasteiger partial charge in [0.15, 0.2) is 0 Å². The number of hydrogen-bond acceptors (Lipinski definition) is 6. The average Bonchev–Trinajstić information content (AvgIpc) is 2.53. The molecule has 0 saturated carbocycles. The van der Waals surface area contributed by atoms with Crippen LogP contribution >= 0.6 is 0 Å². The molecule has 0 unspecified atom stereocenters. The van der Waals surface area contributed by atoms with Gasteiger partial charge in [0.1, 0.15) is 5.69 Å². The van der Waals surface area contributed by atoms with Gasteiger partial charge in [0.05, 0.1) is 36.9 Å². The molecule has 8 nitrogen and oxygen atoms in total. The van der Waals surface area contributed by atoms with Crippen molar-refractivity contribution in [1.29, 1.82) is 0 Å². The van der Waals surface area contributed by atoms with Crippen molar-refractivity contribution in [3.05, 3.63) is 23.8 Å². The molecule has 2 saturated heterocycles. The van der Waals surface area contributed by atoms with Crippen LogP contribution in [0.4, 0.5) is 0 Å².